The molecule has 0 aromatic carbocycles. The summed E-state index contributed by atoms with van der Waals surface area (Å²) in [6.07, 6.45) is 16.3. The van der Waals surface area contributed by atoms with Crippen LogP contribution in [-0.4, -0.2) is 6.54 Å². The van der Waals surface area contributed by atoms with Gasteiger partial charge >= 0.3 is 0 Å². The smallest absolute Gasteiger partial charge is 0.00772 e. The highest BCUT2D eigenvalue weighted by molar-refractivity contribution is 4.79. The lowest BCUT2D eigenvalue weighted by molar-refractivity contribution is 0.163. The van der Waals surface area contributed by atoms with Crippen LogP contribution < -0.4 is 5.73 Å². The Labute approximate surface area is 101 Å². The molecule has 0 unspecified atom stereocenters. The summed E-state index contributed by atoms with van der Waals surface area (Å²) in [4.78, 5) is 0. The van der Waals surface area contributed by atoms with Crippen molar-refractivity contribution < 1.29 is 0 Å². The van der Waals surface area contributed by atoms with E-state index in [1.165, 1.54) is 70.6 Å². The predicted octanol–water partition coefficient (Wildman–Crippen LogP) is 4.11. The molecule has 0 atom stereocenters. The van der Waals surface area contributed by atoms with Crippen LogP contribution in [0.15, 0.2) is 0 Å². The minimum absolute atomic E-state index is 0.891. The van der Waals surface area contributed by atoms with Crippen molar-refractivity contribution in [3.8, 4) is 0 Å². The van der Waals surface area contributed by atoms with Crippen LogP contribution in [0, 0.1) is 17.8 Å². The minimum atomic E-state index is 0.891. The summed E-state index contributed by atoms with van der Waals surface area (Å²) in [5.74, 6) is 3.21. The fourth-order valence-electron chi connectivity index (χ4n) is 3.96. The molecule has 0 bridgehead atoms. The van der Waals surface area contributed by atoms with Gasteiger partial charge < -0.3 is 5.73 Å². The van der Waals surface area contributed by atoms with Gasteiger partial charge in [-0.3, -0.25) is 0 Å². The van der Waals surface area contributed by atoms with Gasteiger partial charge in [0.05, 0.1) is 0 Å². The third-order valence-electron chi connectivity index (χ3n) is 5.02. The van der Waals surface area contributed by atoms with Crippen LogP contribution in [0.3, 0.4) is 0 Å². The number of hydrogen-bond acceptors (Lipinski definition) is 1. The fourth-order valence-corrected chi connectivity index (χ4v) is 3.96. The molecule has 2 rings (SSSR count). The van der Waals surface area contributed by atoms with Gasteiger partial charge in [0.1, 0.15) is 0 Å². The molecule has 2 aliphatic carbocycles. The SMILES string of the molecule is NCCCC1CCC(C2CCCCC2)CC1. The molecule has 0 radical (unpaired) electrons. The molecule has 0 saturated heterocycles. The molecular formula is C15H29N. The van der Waals surface area contributed by atoms with Gasteiger partial charge in [0.15, 0.2) is 0 Å². The standard InChI is InChI=1S/C15H29N/c16-12-4-5-13-8-10-15(11-9-13)14-6-2-1-3-7-14/h13-15H,1-12,16H2. The second kappa shape index (κ2) is 6.64. The van der Waals surface area contributed by atoms with E-state index in [9.17, 15) is 0 Å². The highest BCUT2D eigenvalue weighted by Gasteiger charge is 2.27. The van der Waals surface area contributed by atoms with E-state index in [1.807, 2.05) is 0 Å². The van der Waals surface area contributed by atoms with Gasteiger partial charge in [-0.25, -0.2) is 0 Å². The van der Waals surface area contributed by atoms with E-state index in [2.05, 4.69) is 0 Å². The van der Waals surface area contributed by atoms with Crippen LogP contribution in [-0.2, 0) is 0 Å². The zero-order valence-corrected chi connectivity index (χ0v) is 10.8. The highest BCUT2D eigenvalue weighted by Crippen LogP contribution is 2.40. The van der Waals surface area contributed by atoms with Crippen molar-refractivity contribution >= 4 is 0 Å². The molecule has 0 amide bonds. The first-order valence-electron chi connectivity index (χ1n) is 7.60. The Bertz CT molecular complexity index is 176. The predicted molar refractivity (Wildman–Crippen MR) is 70.3 cm³/mol. The quantitative estimate of drug-likeness (QED) is 0.762. The van der Waals surface area contributed by atoms with Crippen LogP contribution in [0.4, 0.5) is 0 Å². The first kappa shape index (κ1) is 12.4. The van der Waals surface area contributed by atoms with Crippen molar-refractivity contribution in [3.63, 3.8) is 0 Å². The van der Waals surface area contributed by atoms with Crippen LogP contribution in [0.1, 0.15) is 70.6 Å². The highest BCUT2D eigenvalue weighted by atomic mass is 14.5. The van der Waals surface area contributed by atoms with Crippen molar-refractivity contribution in [2.45, 2.75) is 70.6 Å². The Morgan fingerprint density at radius 2 is 1.38 bits per heavy atom. The van der Waals surface area contributed by atoms with Gasteiger partial charge in [0, 0.05) is 0 Å². The Morgan fingerprint density at radius 1 is 0.750 bits per heavy atom. The van der Waals surface area contributed by atoms with Crippen molar-refractivity contribution in [2.24, 2.45) is 23.5 Å². The topological polar surface area (TPSA) is 26.0 Å². The summed E-state index contributed by atoms with van der Waals surface area (Å²) in [6, 6.07) is 0. The van der Waals surface area contributed by atoms with Crippen molar-refractivity contribution in [1.82, 2.24) is 0 Å². The maximum Gasteiger partial charge on any atom is -0.00772 e. The average molecular weight is 223 g/mol. The average Bonchev–Trinajstić information content (AvgIpc) is 2.38. The number of rotatable bonds is 4. The monoisotopic (exact) mass is 223 g/mol. The molecule has 0 spiro atoms. The van der Waals surface area contributed by atoms with E-state index in [4.69, 9.17) is 5.73 Å². The fraction of sp³-hybridized carbons (Fsp3) is 1.00. The van der Waals surface area contributed by atoms with Gasteiger partial charge in [0.2, 0.25) is 0 Å². The van der Waals surface area contributed by atoms with Crippen molar-refractivity contribution in [3.05, 3.63) is 0 Å². The minimum Gasteiger partial charge on any atom is -0.330 e. The Morgan fingerprint density at radius 3 is 2.00 bits per heavy atom. The van der Waals surface area contributed by atoms with Crippen LogP contribution in [0.25, 0.3) is 0 Å². The van der Waals surface area contributed by atoms with Crippen molar-refractivity contribution in [2.75, 3.05) is 6.54 Å². The second-order valence-corrected chi connectivity index (χ2v) is 6.11. The molecule has 1 heteroatoms. The van der Waals surface area contributed by atoms with E-state index >= 15 is 0 Å². The number of nitrogens with two attached hydrogens (primary N) is 1. The van der Waals surface area contributed by atoms with E-state index in [0.29, 0.717) is 0 Å². The Hall–Kier alpha value is -0.0400. The van der Waals surface area contributed by atoms with E-state index in [0.717, 1.165) is 24.3 Å². The zero-order chi connectivity index (χ0) is 11.2. The third kappa shape index (κ3) is 3.48. The summed E-state index contributed by atoms with van der Waals surface area (Å²) in [5.41, 5.74) is 5.59. The molecule has 2 fully saturated rings. The molecule has 1 nitrogen and oxygen atoms in total. The molecule has 0 aromatic rings. The lowest BCUT2D eigenvalue weighted by Gasteiger charge is -2.35. The van der Waals surface area contributed by atoms with E-state index in [1.54, 1.807) is 0 Å². The van der Waals surface area contributed by atoms with Crippen molar-refractivity contribution in [1.29, 1.82) is 0 Å². The molecule has 2 aliphatic rings. The summed E-state index contributed by atoms with van der Waals surface area (Å²) in [7, 11) is 0. The molecule has 0 heterocycles. The maximum atomic E-state index is 5.59. The molecule has 2 saturated carbocycles. The Balaban J connectivity index is 1.67. The third-order valence-corrected chi connectivity index (χ3v) is 5.02. The van der Waals surface area contributed by atoms with Gasteiger partial charge in [-0.05, 0) is 50.0 Å². The molecule has 0 aromatic heterocycles. The summed E-state index contributed by atoms with van der Waals surface area (Å²) in [6.45, 7) is 0.891. The largest absolute Gasteiger partial charge is 0.330 e. The summed E-state index contributed by atoms with van der Waals surface area (Å²) < 4.78 is 0. The van der Waals surface area contributed by atoms with Crippen LogP contribution >= 0.6 is 0 Å². The second-order valence-electron chi connectivity index (χ2n) is 6.11. The zero-order valence-electron chi connectivity index (χ0n) is 10.8. The van der Waals surface area contributed by atoms with E-state index < -0.39 is 0 Å². The molecule has 0 aliphatic heterocycles. The normalized spacial score (nSPS) is 32.8. The van der Waals surface area contributed by atoms with Gasteiger partial charge in [0.25, 0.3) is 0 Å². The Kier molecular flexibility index (Phi) is 5.15. The first-order valence-corrected chi connectivity index (χ1v) is 7.60. The summed E-state index contributed by atoms with van der Waals surface area (Å²) in [5, 5.41) is 0. The van der Waals surface area contributed by atoms with Gasteiger partial charge in [-0.1, -0.05) is 44.9 Å². The lowest BCUT2D eigenvalue weighted by Crippen LogP contribution is -2.23. The maximum absolute atomic E-state index is 5.59. The van der Waals surface area contributed by atoms with E-state index in [-0.39, 0.29) is 0 Å². The molecule has 94 valence electrons. The van der Waals surface area contributed by atoms with Gasteiger partial charge in [-0.15, -0.1) is 0 Å². The summed E-state index contributed by atoms with van der Waals surface area (Å²) >= 11 is 0. The first-order chi connectivity index (χ1) is 7.90. The molecular weight excluding hydrogens is 194 g/mol. The van der Waals surface area contributed by atoms with Crippen LogP contribution in [0.5, 0.6) is 0 Å². The van der Waals surface area contributed by atoms with Gasteiger partial charge in [-0.2, -0.15) is 0 Å². The lowest BCUT2D eigenvalue weighted by atomic mass is 9.70. The van der Waals surface area contributed by atoms with Crippen LogP contribution in [0.2, 0.25) is 0 Å². The molecule has 16 heavy (non-hydrogen) atoms. The number of hydrogen-bond donors (Lipinski definition) is 1. The molecule has 2 N–H and O–H groups in total.